The largest absolute Gasteiger partial charge is 0.396 e. The molecule has 2 aromatic rings. The summed E-state index contributed by atoms with van der Waals surface area (Å²) in [6, 6.07) is 11.6. The molecule has 4 bridgehead atoms. The van der Waals surface area contributed by atoms with E-state index in [4.69, 9.17) is 28.9 Å². The van der Waals surface area contributed by atoms with Crippen molar-refractivity contribution in [2.24, 2.45) is 0 Å². The van der Waals surface area contributed by atoms with Crippen LogP contribution in [0.3, 0.4) is 0 Å². The van der Waals surface area contributed by atoms with Gasteiger partial charge in [-0.3, -0.25) is 4.79 Å². The van der Waals surface area contributed by atoms with E-state index in [1.165, 1.54) is 11.1 Å². The number of rotatable bonds is 2. The molecule has 2 fully saturated rings. The van der Waals surface area contributed by atoms with Crippen LogP contribution in [-0.2, 0) is 0 Å². The number of benzene rings is 2. The van der Waals surface area contributed by atoms with Gasteiger partial charge in [0, 0.05) is 11.1 Å². The monoisotopic (exact) mass is 416 g/mol. The first kappa shape index (κ1) is 18.3. The number of aliphatic hydroxyl groups is 1. The third-order valence-electron chi connectivity index (χ3n) is 6.79. The minimum absolute atomic E-state index is 0.224. The van der Waals surface area contributed by atoms with Gasteiger partial charge in [-0.2, -0.15) is 0 Å². The first-order valence-corrected chi connectivity index (χ1v) is 10.4. The average Bonchev–Trinajstić information content (AvgIpc) is 2.77. The molecule has 2 atom stereocenters. The van der Waals surface area contributed by atoms with Crippen LogP contribution in [0, 0.1) is 0 Å². The summed E-state index contributed by atoms with van der Waals surface area (Å²) in [6.45, 7) is 0. The molecule has 2 unspecified atom stereocenters. The lowest BCUT2D eigenvalue weighted by Crippen LogP contribution is -2.60. The lowest BCUT2D eigenvalue weighted by molar-refractivity contribution is -0.0732. The van der Waals surface area contributed by atoms with Gasteiger partial charge in [-0.15, -0.1) is 0 Å². The molecule has 28 heavy (non-hydrogen) atoms. The van der Waals surface area contributed by atoms with Crippen LogP contribution in [0.1, 0.15) is 65.4 Å². The average molecular weight is 417 g/mol. The standard InChI is InChI=1S/C22H22Cl2N2O2/c23-17-5-12(6-18(24)19(17)25)20(27)26-21-7-13-9-22(28,11-21)10-14(8-21)16-4-2-1-3-15(13)16/h1-6,13-14,28H,7-11,25H2,(H,26,27). The van der Waals surface area contributed by atoms with Crippen LogP contribution in [0.4, 0.5) is 5.69 Å². The van der Waals surface area contributed by atoms with E-state index in [9.17, 15) is 9.90 Å². The van der Waals surface area contributed by atoms with E-state index in [0.717, 1.165) is 25.7 Å². The summed E-state index contributed by atoms with van der Waals surface area (Å²) in [5.41, 5.74) is 7.95. The molecule has 1 amide bonds. The number of nitrogen functional groups attached to an aromatic ring is 1. The zero-order valence-electron chi connectivity index (χ0n) is 15.3. The van der Waals surface area contributed by atoms with Gasteiger partial charge in [-0.25, -0.2) is 0 Å². The van der Waals surface area contributed by atoms with E-state index < -0.39 is 11.1 Å². The summed E-state index contributed by atoms with van der Waals surface area (Å²) in [5.74, 6) is 0.279. The molecule has 4 N–H and O–H groups in total. The number of amides is 1. The maximum atomic E-state index is 13.1. The number of anilines is 1. The lowest BCUT2D eigenvalue weighted by atomic mass is 9.60. The van der Waals surface area contributed by atoms with Crippen LogP contribution in [-0.4, -0.2) is 22.2 Å². The van der Waals surface area contributed by atoms with Gasteiger partial charge in [0.1, 0.15) is 0 Å². The Morgan fingerprint density at radius 1 is 1.04 bits per heavy atom. The van der Waals surface area contributed by atoms with Crippen LogP contribution in [0.15, 0.2) is 36.4 Å². The highest BCUT2D eigenvalue weighted by molar-refractivity contribution is 6.39. The third-order valence-corrected chi connectivity index (χ3v) is 7.42. The summed E-state index contributed by atoms with van der Waals surface area (Å²) >= 11 is 12.2. The Hall–Kier alpha value is -1.75. The van der Waals surface area contributed by atoms with Crippen LogP contribution in [0.2, 0.25) is 10.0 Å². The quantitative estimate of drug-likeness (QED) is 0.624. The van der Waals surface area contributed by atoms with Crippen LogP contribution in [0.5, 0.6) is 0 Å². The topological polar surface area (TPSA) is 75.4 Å². The number of nitrogens with one attached hydrogen (secondary N) is 1. The van der Waals surface area contributed by atoms with Gasteiger partial charge < -0.3 is 16.2 Å². The van der Waals surface area contributed by atoms with Crippen molar-refractivity contribution >= 4 is 34.8 Å². The van der Waals surface area contributed by atoms with Crippen molar-refractivity contribution in [2.75, 3.05) is 5.73 Å². The summed E-state index contributed by atoms with van der Waals surface area (Å²) in [7, 11) is 0. The van der Waals surface area contributed by atoms with Crippen molar-refractivity contribution in [3.05, 3.63) is 63.1 Å². The molecular weight excluding hydrogens is 395 g/mol. The molecule has 0 radical (unpaired) electrons. The molecule has 0 aliphatic heterocycles. The van der Waals surface area contributed by atoms with Gasteiger partial charge in [-0.1, -0.05) is 47.5 Å². The fraction of sp³-hybridized carbons (Fsp3) is 0.409. The highest BCUT2D eigenvalue weighted by Crippen LogP contribution is 2.59. The normalized spacial score (nSPS) is 32.7. The molecule has 4 aliphatic rings. The smallest absolute Gasteiger partial charge is 0.251 e. The van der Waals surface area contributed by atoms with Gasteiger partial charge in [0.15, 0.2) is 0 Å². The Bertz CT molecular complexity index is 932. The number of hydrogen-bond acceptors (Lipinski definition) is 3. The second-order valence-electron chi connectivity index (χ2n) is 8.83. The SMILES string of the molecule is Nc1c(Cl)cc(C(=O)NC23CC4CC(O)(CC(C2)c2ccccc24)C3)cc1Cl. The molecule has 2 saturated carbocycles. The molecule has 6 rings (SSSR count). The summed E-state index contributed by atoms with van der Waals surface area (Å²) in [4.78, 5) is 13.1. The second-order valence-corrected chi connectivity index (χ2v) is 9.64. The summed E-state index contributed by atoms with van der Waals surface area (Å²) in [5, 5.41) is 15.1. The van der Waals surface area contributed by atoms with Gasteiger partial charge in [0.2, 0.25) is 0 Å². The molecule has 146 valence electrons. The zero-order valence-corrected chi connectivity index (χ0v) is 16.9. The molecule has 0 spiro atoms. The van der Waals surface area contributed by atoms with Gasteiger partial charge in [0.25, 0.3) is 5.91 Å². The Labute approximate surface area is 174 Å². The maximum Gasteiger partial charge on any atom is 0.251 e. The lowest BCUT2D eigenvalue weighted by Gasteiger charge is -2.53. The van der Waals surface area contributed by atoms with E-state index in [1.54, 1.807) is 12.1 Å². The van der Waals surface area contributed by atoms with Gasteiger partial charge >= 0.3 is 0 Å². The molecule has 6 heteroatoms. The second kappa shape index (κ2) is 6.12. The minimum atomic E-state index is -0.742. The van der Waals surface area contributed by atoms with Crippen LogP contribution < -0.4 is 11.1 Å². The first-order chi connectivity index (χ1) is 13.3. The molecule has 2 aromatic carbocycles. The molecular formula is C22H22Cl2N2O2. The van der Waals surface area contributed by atoms with Crippen LogP contribution in [0.25, 0.3) is 0 Å². The number of carbonyl (C=O) groups excluding carboxylic acids is 1. The molecule has 0 aromatic heterocycles. The zero-order chi connectivity index (χ0) is 19.7. The van der Waals surface area contributed by atoms with Gasteiger partial charge in [-0.05, 0) is 67.2 Å². The van der Waals surface area contributed by atoms with Gasteiger partial charge in [0.05, 0.1) is 21.3 Å². The number of hydrogen-bond donors (Lipinski definition) is 3. The minimum Gasteiger partial charge on any atom is -0.396 e. The Kier molecular flexibility index (Phi) is 4.00. The van der Waals surface area contributed by atoms with E-state index in [-0.39, 0.29) is 33.5 Å². The molecule has 4 aliphatic carbocycles. The summed E-state index contributed by atoms with van der Waals surface area (Å²) < 4.78 is 0. The third kappa shape index (κ3) is 2.81. The van der Waals surface area contributed by atoms with Crippen LogP contribution >= 0.6 is 23.2 Å². The van der Waals surface area contributed by atoms with Crippen molar-refractivity contribution in [3.8, 4) is 0 Å². The fourth-order valence-electron chi connectivity index (χ4n) is 5.96. The van der Waals surface area contributed by atoms with Crippen molar-refractivity contribution in [1.82, 2.24) is 5.32 Å². The van der Waals surface area contributed by atoms with Crippen molar-refractivity contribution in [2.45, 2.75) is 55.1 Å². The van der Waals surface area contributed by atoms with Crippen molar-refractivity contribution in [1.29, 1.82) is 0 Å². The highest BCUT2D eigenvalue weighted by atomic mass is 35.5. The van der Waals surface area contributed by atoms with E-state index in [2.05, 4.69) is 29.6 Å². The molecule has 0 saturated heterocycles. The Morgan fingerprint density at radius 2 is 1.57 bits per heavy atom. The highest BCUT2D eigenvalue weighted by Gasteiger charge is 2.56. The predicted octanol–water partition coefficient (Wildman–Crippen LogP) is 4.63. The number of halogens is 2. The van der Waals surface area contributed by atoms with Crippen molar-refractivity contribution in [3.63, 3.8) is 0 Å². The summed E-state index contributed by atoms with van der Waals surface area (Å²) in [6.07, 6.45) is 3.79. The fourth-order valence-corrected chi connectivity index (χ4v) is 6.45. The maximum absolute atomic E-state index is 13.1. The van der Waals surface area contributed by atoms with E-state index in [1.807, 2.05) is 0 Å². The molecule has 4 nitrogen and oxygen atoms in total. The Balaban J connectivity index is 1.51. The Morgan fingerprint density at radius 3 is 2.11 bits per heavy atom. The van der Waals surface area contributed by atoms with E-state index in [0.29, 0.717) is 12.0 Å². The molecule has 0 heterocycles. The van der Waals surface area contributed by atoms with E-state index >= 15 is 0 Å². The van der Waals surface area contributed by atoms with Crippen molar-refractivity contribution < 1.29 is 9.90 Å². The number of carbonyl (C=O) groups is 1. The number of nitrogens with two attached hydrogens (primary N) is 1. The first-order valence-electron chi connectivity index (χ1n) is 9.66. The predicted molar refractivity (Wildman–Crippen MR) is 111 cm³/mol.